The molecule has 1 unspecified atom stereocenters. The van der Waals surface area contributed by atoms with Crippen molar-refractivity contribution in [3.8, 4) is 11.6 Å². The second kappa shape index (κ2) is 7.40. The second-order valence-corrected chi connectivity index (χ2v) is 8.29. The van der Waals surface area contributed by atoms with Gasteiger partial charge in [-0.1, -0.05) is 11.2 Å². The fourth-order valence-corrected chi connectivity index (χ4v) is 4.19. The largest absolute Gasteiger partial charge is 0.332 e. The molecule has 0 N–H and O–H groups in total. The highest BCUT2D eigenvalue weighted by Crippen LogP contribution is 2.23. The minimum atomic E-state index is -3.09. The number of sulfonamides is 1. The third kappa shape index (κ3) is 3.99. The van der Waals surface area contributed by atoms with Gasteiger partial charge in [0.1, 0.15) is 5.69 Å². The molecule has 7 nitrogen and oxygen atoms in total. The number of piperidine rings is 1. The number of aromatic nitrogens is 3. The van der Waals surface area contributed by atoms with Crippen LogP contribution in [0.1, 0.15) is 32.0 Å². The van der Waals surface area contributed by atoms with Crippen molar-refractivity contribution in [1.29, 1.82) is 0 Å². The number of hydrogen-bond acceptors (Lipinski definition) is 6. The van der Waals surface area contributed by atoms with E-state index in [-0.39, 0.29) is 5.75 Å². The Labute approximate surface area is 142 Å². The van der Waals surface area contributed by atoms with E-state index in [1.54, 1.807) is 17.4 Å². The van der Waals surface area contributed by atoms with Gasteiger partial charge in [0.05, 0.1) is 5.75 Å². The van der Waals surface area contributed by atoms with Crippen LogP contribution in [0.15, 0.2) is 28.9 Å². The van der Waals surface area contributed by atoms with Crippen molar-refractivity contribution in [2.75, 3.05) is 18.8 Å². The average Bonchev–Trinajstić information content (AvgIpc) is 3.10. The smallest absolute Gasteiger partial charge is 0.276 e. The first kappa shape index (κ1) is 17.0. The standard InChI is InChI=1S/C16H22N4O3S/c1-2-24(21,22)20-11-5-6-13(12-20)8-9-15-18-16(23-19-15)14-7-3-4-10-17-14/h3-4,7,10,13H,2,5-6,8-9,11-12H2,1H3. The molecule has 2 aromatic heterocycles. The quantitative estimate of drug-likeness (QED) is 0.793. The fourth-order valence-electron chi connectivity index (χ4n) is 2.98. The van der Waals surface area contributed by atoms with E-state index in [0.29, 0.717) is 42.8 Å². The minimum absolute atomic E-state index is 0.165. The molecule has 2 aromatic rings. The minimum Gasteiger partial charge on any atom is -0.332 e. The van der Waals surface area contributed by atoms with Crippen LogP contribution in [-0.4, -0.2) is 46.7 Å². The van der Waals surface area contributed by atoms with Gasteiger partial charge in [-0.2, -0.15) is 4.98 Å². The average molecular weight is 350 g/mol. The number of nitrogens with zero attached hydrogens (tertiary/aromatic N) is 4. The van der Waals surface area contributed by atoms with E-state index in [9.17, 15) is 8.42 Å². The van der Waals surface area contributed by atoms with Gasteiger partial charge in [-0.05, 0) is 44.2 Å². The van der Waals surface area contributed by atoms with Crippen LogP contribution in [0, 0.1) is 5.92 Å². The number of aryl methyl sites for hydroxylation is 1. The van der Waals surface area contributed by atoms with E-state index in [2.05, 4.69) is 15.1 Å². The van der Waals surface area contributed by atoms with Crippen LogP contribution in [0.25, 0.3) is 11.6 Å². The first-order valence-electron chi connectivity index (χ1n) is 8.30. The lowest BCUT2D eigenvalue weighted by molar-refractivity contribution is 0.255. The molecule has 0 saturated carbocycles. The second-order valence-electron chi connectivity index (χ2n) is 6.04. The van der Waals surface area contributed by atoms with Gasteiger partial charge in [0.2, 0.25) is 10.0 Å². The van der Waals surface area contributed by atoms with Gasteiger partial charge in [0, 0.05) is 25.7 Å². The maximum Gasteiger partial charge on any atom is 0.276 e. The zero-order valence-electron chi connectivity index (χ0n) is 13.8. The highest BCUT2D eigenvalue weighted by molar-refractivity contribution is 7.89. The van der Waals surface area contributed by atoms with Gasteiger partial charge in [0.15, 0.2) is 5.82 Å². The van der Waals surface area contributed by atoms with Crippen LogP contribution in [0.2, 0.25) is 0 Å². The Kier molecular flexibility index (Phi) is 5.25. The Morgan fingerprint density at radius 1 is 1.38 bits per heavy atom. The van der Waals surface area contributed by atoms with E-state index in [0.717, 1.165) is 19.3 Å². The molecule has 1 saturated heterocycles. The summed E-state index contributed by atoms with van der Waals surface area (Å²) in [5.74, 6) is 1.57. The van der Waals surface area contributed by atoms with Crippen LogP contribution in [0.4, 0.5) is 0 Å². The molecule has 0 aromatic carbocycles. The molecule has 0 bridgehead atoms. The van der Waals surface area contributed by atoms with Crippen LogP contribution >= 0.6 is 0 Å². The SMILES string of the molecule is CCS(=O)(=O)N1CCCC(CCc2noc(-c3ccccn3)n2)C1. The lowest BCUT2D eigenvalue weighted by atomic mass is 9.94. The molecule has 0 amide bonds. The van der Waals surface area contributed by atoms with Gasteiger partial charge < -0.3 is 4.52 Å². The molecular weight excluding hydrogens is 328 g/mol. The van der Waals surface area contributed by atoms with E-state index in [1.165, 1.54) is 0 Å². The molecule has 3 heterocycles. The van der Waals surface area contributed by atoms with Gasteiger partial charge in [-0.25, -0.2) is 12.7 Å². The maximum atomic E-state index is 12.0. The zero-order valence-corrected chi connectivity index (χ0v) is 14.6. The third-order valence-electron chi connectivity index (χ3n) is 4.37. The molecule has 1 aliphatic rings. The molecule has 0 aliphatic carbocycles. The van der Waals surface area contributed by atoms with Crippen molar-refractivity contribution >= 4 is 10.0 Å². The Morgan fingerprint density at radius 3 is 3.00 bits per heavy atom. The lowest BCUT2D eigenvalue weighted by Gasteiger charge is -2.31. The van der Waals surface area contributed by atoms with Crippen molar-refractivity contribution in [2.24, 2.45) is 5.92 Å². The summed E-state index contributed by atoms with van der Waals surface area (Å²) in [4.78, 5) is 8.57. The highest BCUT2D eigenvalue weighted by Gasteiger charge is 2.27. The third-order valence-corrected chi connectivity index (χ3v) is 6.22. The van der Waals surface area contributed by atoms with Crippen molar-refractivity contribution in [1.82, 2.24) is 19.4 Å². The molecule has 0 spiro atoms. The van der Waals surface area contributed by atoms with Crippen molar-refractivity contribution in [3.05, 3.63) is 30.2 Å². The maximum absolute atomic E-state index is 12.0. The molecule has 0 radical (unpaired) electrons. The van der Waals surface area contributed by atoms with Crippen LogP contribution in [0.3, 0.4) is 0 Å². The van der Waals surface area contributed by atoms with E-state index in [4.69, 9.17) is 4.52 Å². The summed E-state index contributed by atoms with van der Waals surface area (Å²) in [6.45, 7) is 2.93. The molecule has 8 heteroatoms. The normalized spacial score (nSPS) is 19.5. The van der Waals surface area contributed by atoms with Gasteiger partial charge in [-0.15, -0.1) is 0 Å². The van der Waals surface area contributed by atoms with Crippen LogP contribution in [-0.2, 0) is 16.4 Å². The first-order valence-corrected chi connectivity index (χ1v) is 9.91. The first-order chi connectivity index (χ1) is 11.6. The summed E-state index contributed by atoms with van der Waals surface area (Å²) < 4.78 is 30.9. The Balaban J connectivity index is 1.57. The predicted octanol–water partition coefficient (Wildman–Crippen LogP) is 2.13. The Hall–Kier alpha value is -1.80. The number of hydrogen-bond donors (Lipinski definition) is 0. The van der Waals surface area contributed by atoms with Crippen molar-refractivity contribution in [2.45, 2.75) is 32.6 Å². The Morgan fingerprint density at radius 2 is 2.25 bits per heavy atom. The summed E-state index contributed by atoms with van der Waals surface area (Å²) in [7, 11) is -3.09. The number of rotatable bonds is 6. The summed E-state index contributed by atoms with van der Waals surface area (Å²) in [5, 5.41) is 4.00. The molecule has 1 fully saturated rings. The molecule has 130 valence electrons. The molecule has 1 atom stereocenters. The van der Waals surface area contributed by atoms with Gasteiger partial charge >= 0.3 is 0 Å². The molecule has 24 heavy (non-hydrogen) atoms. The summed E-state index contributed by atoms with van der Waals surface area (Å²) in [6.07, 6.45) is 5.18. The Bertz CT molecular complexity index is 761. The zero-order chi connectivity index (χ0) is 17.0. The highest BCUT2D eigenvalue weighted by atomic mass is 32.2. The predicted molar refractivity (Wildman–Crippen MR) is 89.6 cm³/mol. The summed E-state index contributed by atoms with van der Waals surface area (Å²) >= 11 is 0. The van der Waals surface area contributed by atoms with Gasteiger partial charge in [-0.3, -0.25) is 4.98 Å². The van der Waals surface area contributed by atoms with Crippen molar-refractivity contribution in [3.63, 3.8) is 0 Å². The van der Waals surface area contributed by atoms with Crippen molar-refractivity contribution < 1.29 is 12.9 Å². The van der Waals surface area contributed by atoms with E-state index >= 15 is 0 Å². The molecular formula is C16H22N4O3S. The van der Waals surface area contributed by atoms with Crippen LogP contribution in [0.5, 0.6) is 0 Å². The van der Waals surface area contributed by atoms with E-state index < -0.39 is 10.0 Å². The van der Waals surface area contributed by atoms with Gasteiger partial charge in [0.25, 0.3) is 5.89 Å². The topological polar surface area (TPSA) is 89.2 Å². The van der Waals surface area contributed by atoms with Crippen LogP contribution < -0.4 is 0 Å². The summed E-state index contributed by atoms with van der Waals surface area (Å²) in [6, 6.07) is 5.53. The summed E-state index contributed by atoms with van der Waals surface area (Å²) in [5.41, 5.74) is 0.661. The lowest BCUT2D eigenvalue weighted by Crippen LogP contribution is -2.40. The monoisotopic (exact) mass is 350 g/mol. The molecule has 1 aliphatic heterocycles. The molecule has 3 rings (SSSR count). The fraction of sp³-hybridized carbons (Fsp3) is 0.562. The number of pyridine rings is 1. The van der Waals surface area contributed by atoms with E-state index in [1.807, 2.05) is 18.2 Å².